The predicted molar refractivity (Wildman–Crippen MR) is 84.5 cm³/mol. The van der Waals surface area contributed by atoms with Crippen LogP contribution in [0.25, 0.3) is 0 Å². The molecule has 1 saturated carbocycles. The number of amides is 1. The quantitative estimate of drug-likeness (QED) is 0.919. The van der Waals surface area contributed by atoms with Crippen molar-refractivity contribution in [2.75, 3.05) is 39.3 Å². The summed E-state index contributed by atoms with van der Waals surface area (Å²) in [5.74, 6) is 1.05. The number of carbonyl (C=O) groups excluding carboxylic acids is 1. The molecule has 1 aromatic rings. The third-order valence-corrected chi connectivity index (χ3v) is 5.97. The van der Waals surface area contributed by atoms with E-state index in [4.69, 9.17) is 0 Å². The molecule has 1 N–H and O–H groups in total. The van der Waals surface area contributed by atoms with Crippen LogP contribution < -0.4 is 5.32 Å². The lowest BCUT2D eigenvalue weighted by atomic mass is 9.96. The normalized spacial score (nSPS) is 26.7. The van der Waals surface area contributed by atoms with Gasteiger partial charge in [0.15, 0.2) is 0 Å². The van der Waals surface area contributed by atoms with Gasteiger partial charge in [0, 0.05) is 37.6 Å². The Morgan fingerprint density at radius 2 is 2.10 bits per heavy atom. The summed E-state index contributed by atoms with van der Waals surface area (Å²) in [6.07, 6.45) is 3.62. The van der Waals surface area contributed by atoms with Crippen LogP contribution in [0.5, 0.6) is 0 Å². The summed E-state index contributed by atoms with van der Waals surface area (Å²) >= 11 is 1.87. The molecule has 0 radical (unpaired) electrons. The van der Waals surface area contributed by atoms with Crippen LogP contribution in [0.1, 0.15) is 29.3 Å². The van der Waals surface area contributed by atoms with Crippen molar-refractivity contribution in [2.45, 2.75) is 25.3 Å². The lowest BCUT2D eigenvalue weighted by Crippen LogP contribution is -2.50. The highest BCUT2D eigenvalue weighted by atomic mass is 32.1. The van der Waals surface area contributed by atoms with Crippen molar-refractivity contribution < 1.29 is 4.79 Å². The maximum absolute atomic E-state index is 12.8. The lowest BCUT2D eigenvalue weighted by Gasteiger charge is -2.38. The molecule has 21 heavy (non-hydrogen) atoms. The van der Waals surface area contributed by atoms with Crippen molar-refractivity contribution in [3.05, 3.63) is 21.9 Å². The average molecular weight is 305 g/mol. The lowest BCUT2D eigenvalue weighted by molar-refractivity contribution is -0.136. The van der Waals surface area contributed by atoms with E-state index in [1.807, 2.05) is 11.3 Å². The summed E-state index contributed by atoms with van der Waals surface area (Å²) in [4.78, 5) is 18.8. The first-order valence-electron chi connectivity index (χ1n) is 8.12. The van der Waals surface area contributed by atoms with Crippen molar-refractivity contribution in [1.29, 1.82) is 0 Å². The largest absolute Gasteiger partial charge is 0.334 e. The molecule has 114 valence electrons. The fourth-order valence-electron chi connectivity index (χ4n) is 3.70. The van der Waals surface area contributed by atoms with Gasteiger partial charge < -0.3 is 10.2 Å². The topological polar surface area (TPSA) is 35.6 Å². The van der Waals surface area contributed by atoms with Gasteiger partial charge in [-0.3, -0.25) is 9.69 Å². The minimum Gasteiger partial charge on any atom is -0.334 e. The Morgan fingerprint density at radius 1 is 1.29 bits per heavy atom. The first-order valence-corrected chi connectivity index (χ1v) is 9.00. The van der Waals surface area contributed by atoms with Crippen molar-refractivity contribution in [3.8, 4) is 0 Å². The van der Waals surface area contributed by atoms with E-state index < -0.39 is 0 Å². The van der Waals surface area contributed by atoms with Crippen LogP contribution in [0, 0.1) is 5.92 Å². The Bertz CT molecular complexity index is 519. The van der Waals surface area contributed by atoms with E-state index in [1.165, 1.54) is 23.3 Å². The van der Waals surface area contributed by atoms with Gasteiger partial charge >= 0.3 is 0 Å². The van der Waals surface area contributed by atoms with E-state index in [1.54, 1.807) is 0 Å². The molecule has 4 nitrogen and oxygen atoms in total. The van der Waals surface area contributed by atoms with Crippen molar-refractivity contribution in [3.63, 3.8) is 0 Å². The highest BCUT2D eigenvalue weighted by molar-refractivity contribution is 7.10. The van der Waals surface area contributed by atoms with Crippen LogP contribution >= 0.6 is 11.3 Å². The van der Waals surface area contributed by atoms with Gasteiger partial charge in [0.2, 0.25) is 5.91 Å². The molecule has 1 aromatic heterocycles. The fraction of sp³-hybridized carbons (Fsp3) is 0.688. The summed E-state index contributed by atoms with van der Waals surface area (Å²) in [7, 11) is 0. The monoisotopic (exact) mass is 305 g/mol. The number of thiophene rings is 1. The Kier molecular flexibility index (Phi) is 3.73. The van der Waals surface area contributed by atoms with Gasteiger partial charge in [-0.1, -0.05) is 0 Å². The van der Waals surface area contributed by atoms with Crippen molar-refractivity contribution in [1.82, 2.24) is 15.1 Å². The molecule has 2 aliphatic heterocycles. The first-order chi connectivity index (χ1) is 10.3. The second kappa shape index (κ2) is 5.71. The molecular weight excluding hydrogens is 282 g/mol. The number of rotatable bonds is 3. The summed E-state index contributed by atoms with van der Waals surface area (Å²) in [5, 5.41) is 5.55. The minimum absolute atomic E-state index is 0.339. The fourth-order valence-corrected chi connectivity index (χ4v) is 4.61. The van der Waals surface area contributed by atoms with Crippen LogP contribution in [-0.4, -0.2) is 55.0 Å². The van der Waals surface area contributed by atoms with Crippen LogP contribution in [-0.2, 0) is 11.2 Å². The molecule has 1 unspecified atom stereocenters. The Labute approximate surface area is 130 Å². The number of fused-ring (bicyclic) bond motifs is 1. The van der Waals surface area contributed by atoms with Crippen LogP contribution in [0.3, 0.4) is 0 Å². The van der Waals surface area contributed by atoms with Crippen LogP contribution in [0.4, 0.5) is 0 Å². The molecule has 0 bridgehead atoms. The number of nitrogens with zero attached hydrogens (tertiary/aromatic N) is 2. The average Bonchev–Trinajstić information content (AvgIpc) is 3.23. The van der Waals surface area contributed by atoms with E-state index in [-0.39, 0.29) is 0 Å². The third kappa shape index (κ3) is 2.74. The zero-order chi connectivity index (χ0) is 14.2. The molecule has 2 fully saturated rings. The number of nitrogens with one attached hydrogen (secondary N) is 1. The van der Waals surface area contributed by atoms with E-state index in [0.717, 1.165) is 39.1 Å². The molecule has 1 atom stereocenters. The van der Waals surface area contributed by atoms with Gasteiger partial charge in [-0.05, 0) is 42.2 Å². The standard InChI is InChI=1S/C16H23N3OS/c20-15(11-18-8-5-17-6-9-18)19-7-3-14-13(4-10-21-14)16(19)12-1-2-12/h4,10,12,16-17H,1-3,5-9,11H2. The van der Waals surface area contributed by atoms with Gasteiger partial charge in [0.05, 0.1) is 12.6 Å². The van der Waals surface area contributed by atoms with Crippen LogP contribution in [0.2, 0.25) is 0 Å². The number of hydrogen-bond donors (Lipinski definition) is 1. The molecule has 3 aliphatic rings. The van der Waals surface area contributed by atoms with Crippen molar-refractivity contribution >= 4 is 17.2 Å². The molecule has 3 heterocycles. The smallest absolute Gasteiger partial charge is 0.237 e. The SMILES string of the molecule is O=C(CN1CCNCC1)N1CCc2sccc2C1C1CC1. The maximum Gasteiger partial charge on any atom is 0.237 e. The van der Waals surface area contributed by atoms with E-state index >= 15 is 0 Å². The Balaban J connectivity index is 1.49. The van der Waals surface area contributed by atoms with Crippen molar-refractivity contribution in [2.24, 2.45) is 5.92 Å². The second-order valence-electron chi connectivity index (χ2n) is 6.44. The maximum atomic E-state index is 12.8. The molecule has 1 saturated heterocycles. The zero-order valence-electron chi connectivity index (χ0n) is 12.4. The molecule has 5 heteroatoms. The van der Waals surface area contributed by atoms with Gasteiger partial charge in [-0.25, -0.2) is 0 Å². The summed E-state index contributed by atoms with van der Waals surface area (Å²) in [6.45, 7) is 5.53. The van der Waals surface area contributed by atoms with Gasteiger partial charge in [0.25, 0.3) is 0 Å². The highest BCUT2D eigenvalue weighted by Crippen LogP contribution is 2.48. The molecule has 1 amide bonds. The molecule has 1 aliphatic carbocycles. The highest BCUT2D eigenvalue weighted by Gasteiger charge is 2.41. The van der Waals surface area contributed by atoms with Gasteiger partial charge in [-0.15, -0.1) is 11.3 Å². The number of hydrogen-bond acceptors (Lipinski definition) is 4. The van der Waals surface area contributed by atoms with Crippen LogP contribution in [0.15, 0.2) is 11.4 Å². The van der Waals surface area contributed by atoms with Gasteiger partial charge in [0.1, 0.15) is 0 Å². The first kappa shape index (κ1) is 13.7. The molecular formula is C16H23N3OS. The third-order valence-electron chi connectivity index (χ3n) is 4.97. The minimum atomic E-state index is 0.339. The van der Waals surface area contributed by atoms with E-state index in [0.29, 0.717) is 24.4 Å². The summed E-state index contributed by atoms with van der Waals surface area (Å²) < 4.78 is 0. The Morgan fingerprint density at radius 3 is 2.86 bits per heavy atom. The summed E-state index contributed by atoms with van der Waals surface area (Å²) in [6, 6.07) is 2.63. The molecule has 0 spiro atoms. The second-order valence-corrected chi connectivity index (χ2v) is 7.45. The zero-order valence-corrected chi connectivity index (χ0v) is 13.2. The summed E-state index contributed by atoms with van der Waals surface area (Å²) in [5.41, 5.74) is 1.45. The Hall–Kier alpha value is -0.910. The number of carbonyl (C=O) groups is 1. The van der Waals surface area contributed by atoms with Gasteiger partial charge in [-0.2, -0.15) is 0 Å². The molecule has 4 rings (SSSR count). The van der Waals surface area contributed by atoms with E-state index in [2.05, 4.69) is 26.6 Å². The number of piperazine rings is 1. The predicted octanol–water partition coefficient (Wildman–Crippen LogP) is 1.49. The van der Waals surface area contributed by atoms with E-state index in [9.17, 15) is 4.79 Å². The molecule has 0 aromatic carbocycles.